The molecule has 0 unspecified atom stereocenters. The Morgan fingerprint density at radius 2 is 1.73 bits per heavy atom. The summed E-state index contributed by atoms with van der Waals surface area (Å²) in [5.41, 5.74) is 0. The lowest BCUT2D eigenvalue weighted by molar-refractivity contribution is -0.149. The van der Waals surface area contributed by atoms with Crippen LogP contribution >= 0.6 is 12.4 Å². The highest BCUT2D eigenvalue weighted by molar-refractivity contribution is 5.85. The summed E-state index contributed by atoms with van der Waals surface area (Å²) in [5.74, 6) is 0.670. The van der Waals surface area contributed by atoms with Crippen molar-refractivity contribution in [3.05, 3.63) is 0 Å². The van der Waals surface area contributed by atoms with Crippen LogP contribution in [-0.4, -0.2) is 37.6 Å². The molecule has 0 atom stereocenters. The number of esters is 1. The molecule has 0 aromatic carbocycles. The SMILES string of the molecule is CCOC(=O)C1CCC(NC(=O)CC2CCNCC2)CC1.Cl. The summed E-state index contributed by atoms with van der Waals surface area (Å²) in [5, 5.41) is 6.47. The van der Waals surface area contributed by atoms with Crippen molar-refractivity contribution in [2.75, 3.05) is 19.7 Å². The lowest BCUT2D eigenvalue weighted by atomic mass is 9.85. The Hall–Kier alpha value is -0.810. The van der Waals surface area contributed by atoms with Gasteiger partial charge >= 0.3 is 5.97 Å². The number of carbonyl (C=O) groups is 2. The van der Waals surface area contributed by atoms with E-state index in [9.17, 15) is 9.59 Å². The maximum Gasteiger partial charge on any atom is 0.308 e. The van der Waals surface area contributed by atoms with Gasteiger partial charge in [0.2, 0.25) is 5.91 Å². The van der Waals surface area contributed by atoms with Gasteiger partial charge in [-0.05, 0) is 64.5 Å². The molecule has 0 aromatic heterocycles. The van der Waals surface area contributed by atoms with Gasteiger partial charge < -0.3 is 15.4 Å². The lowest BCUT2D eigenvalue weighted by Gasteiger charge is -2.29. The number of hydrogen-bond donors (Lipinski definition) is 2. The van der Waals surface area contributed by atoms with Crippen molar-refractivity contribution in [1.29, 1.82) is 0 Å². The molecule has 22 heavy (non-hydrogen) atoms. The van der Waals surface area contributed by atoms with E-state index in [0.717, 1.165) is 51.6 Å². The molecule has 0 spiro atoms. The molecule has 2 rings (SSSR count). The lowest BCUT2D eigenvalue weighted by Crippen LogP contribution is -2.40. The third kappa shape index (κ3) is 6.13. The minimum absolute atomic E-state index is 0. The molecule has 1 amide bonds. The molecule has 1 aliphatic carbocycles. The zero-order valence-corrected chi connectivity index (χ0v) is 14.3. The standard InChI is InChI=1S/C16H28N2O3.ClH/c1-2-21-16(20)13-3-5-14(6-4-13)18-15(19)11-12-7-9-17-10-8-12;/h12-14,17H,2-11H2,1H3,(H,18,19);1H. The van der Waals surface area contributed by atoms with Crippen molar-refractivity contribution in [3.8, 4) is 0 Å². The van der Waals surface area contributed by atoms with Gasteiger partial charge in [-0.2, -0.15) is 0 Å². The fourth-order valence-electron chi connectivity index (χ4n) is 3.37. The highest BCUT2D eigenvalue weighted by atomic mass is 35.5. The van der Waals surface area contributed by atoms with Gasteiger partial charge in [-0.3, -0.25) is 9.59 Å². The summed E-state index contributed by atoms with van der Waals surface area (Å²) in [4.78, 5) is 23.7. The van der Waals surface area contributed by atoms with Crippen LogP contribution in [0.2, 0.25) is 0 Å². The molecule has 1 heterocycles. The van der Waals surface area contributed by atoms with Crippen molar-refractivity contribution in [2.24, 2.45) is 11.8 Å². The minimum atomic E-state index is -0.0722. The maximum absolute atomic E-state index is 12.1. The quantitative estimate of drug-likeness (QED) is 0.756. The number of halogens is 1. The summed E-state index contributed by atoms with van der Waals surface area (Å²) >= 11 is 0. The largest absolute Gasteiger partial charge is 0.466 e. The van der Waals surface area contributed by atoms with Gasteiger partial charge in [0.1, 0.15) is 0 Å². The second-order valence-corrected chi connectivity index (χ2v) is 6.27. The monoisotopic (exact) mass is 332 g/mol. The van der Waals surface area contributed by atoms with E-state index in [2.05, 4.69) is 10.6 Å². The highest BCUT2D eigenvalue weighted by Crippen LogP contribution is 2.26. The summed E-state index contributed by atoms with van der Waals surface area (Å²) in [6, 6.07) is 0.241. The molecule has 2 fully saturated rings. The van der Waals surface area contributed by atoms with Gasteiger partial charge in [-0.25, -0.2) is 0 Å². The van der Waals surface area contributed by atoms with Crippen LogP contribution in [-0.2, 0) is 14.3 Å². The first-order chi connectivity index (χ1) is 10.2. The van der Waals surface area contributed by atoms with E-state index < -0.39 is 0 Å². The Morgan fingerprint density at radius 1 is 1.09 bits per heavy atom. The molecular weight excluding hydrogens is 304 g/mol. The van der Waals surface area contributed by atoms with E-state index in [1.54, 1.807) is 0 Å². The number of carbonyl (C=O) groups excluding carboxylic acids is 2. The summed E-state index contributed by atoms with van der Waals surface area (Å²) in [6.45, 7) is 4.35. The van der Waals surface area contributed by atoms with Gasteiger partial charge in [0.05, 0.1) is 12.5 Å². The first-order valence-corrected chi connectivity index (χ1v) is 8.35. The molecule has 6 heteroatoms. The Kier molecular flexibility index (Phi) is 8.79. The molecule has 1 aliphatic heterocycles. The van der Waals surface area contributed by atoms with E-state index in [1.165, 1.54) is 0 Å². The molecule has 5 nitrogen and oxygen atoms in total. The number of rotatable bonds is 5. The van der Waals surface area contributed by atoms with Crippen LogP contribution in [0.15, 0.2) is 0 Å². The zero-order chi connectivity index (χ0) is 15.1. The van der Waals surface area contributed by atoms with Crippen LogP contribution in [0.25, 0.3) is 0 Å². The number of amides is 1. The Morgan fingerprint density at radius 3 is 2.32 bits per heavy atom. The first kappa shape index (κ1) is 19.2. The molecule has 0 aromatic rings. The van der Waals surface area contributed by atoms with Gasteiger partial charge in [-0.15, -0.1) is 12.4 Å². The summed E-state index contributed by atoms with van der Waals surface area (Å²) in [6.07, 6.45) is 6.29. The van der Waals surface area contributed by atoms with Crippen molar-refractivity contribution in [3.63, 3.8) is 0 Å². The normalized spacial score (nSPS) is 25.9. The molecule has 0 bridgehead atoms. The van der Waals surface area contributed by atoms with Gasteiger partial charge in [0.25, 0.3) is 0 Å². The van der Waals surface area contributed by atoms with E-state index in [-0.39, 0.29) is 36.2 Å². The van der Waals surface area contributed by atoms with E-state index in [0.29, 0.717) is 18.9 Å². The number of nitrogens with one attached hydrogen (secondary N) is 2. The first-order valence-electron chi connectivity index (χ1n) is 8.35. The fraction of sp³-hybridized carbons (Fsp3) is 0.875. The Balaban J connectivity index is 0.00000242. The third-order valence-corrected chi connectivity index (χ3v) is 4.65. The average Bonchev–Trinajstić information content (AvgIpc) is 2.49. The second kappa shape index (κ2) is 10.1. The van der Waals surface area contributed by atoms with Gasteiger partial charge in [0.15, 0.2) is 0 Å². The minimum Gasteiger partial charge on any atom is -0.466 e. The van der Waals surface area contributed by atoms with Gasteiger partial charge in [-0.1, -0.05) is 0 Å². The van der Waals surface area contributed by atoms with E-state index in [4.69, 9.17) is 4.74 Å². The predicted octanol–water partition coefficient (Wildman–Crippen LogP) is 2.04. The molecule has 2 N–H and O–H groups in total. The van der Waals surface area contributed by atoms with Crippen LogP contribution < -0.4 is 10.6 Å². The van der Waals surface area contributed by atoms with Gasteiger partial charge in [0, 0.05) is 12.5 Å². The summed E-state index contributed by atoms with van der Waals surface area (Å²) in [7, 11) is 0. The summed E-state index contributed by atoms with van der Waals surface area (Å²) < 4.78 is 5.07. The van der Waals surface area contributed by atoms with Crippen LogP contribution in [0.5, 0.6) is 0 Å². The molecule has 2 aliphatic rings. The average molecular weight is 333 g/mol. The predicted molar refractivity (Wildman–Crippen MR) is 88.0 cm³/mol. The third-order valence-electron chi connectivity index (χ3n) is 4.65. The van der Waals surface area contributed by atoms with Crippen LogP contribution in [0.3, 0.4) is 0 Å². The number of ether oxygens (including phenoxy) is 1. The van der Waals surface area contributed by atoms with Crippen LogP contribution in [0, 0.1) is 11.8 Å². The number of hydrogen-bond acceptors (Lipinski definition) is 4. The molecule has 1 saturated carbocycles. The maximum atomic E-state index is 12.1. The van der Waals surface area contributed by atoms with Crippen molar-refractivity contribution in [1.82, 2.24) is 10.6 Å². The highest BCUT2D eigenvalue weighted by Gasteiger charge is 2.28. The Labute approximate surface area is 139 Å². The molecular formula is C16H29ClN2O3. The smallest absolute Gasteiger partial charge is 0.308 e. The molecule has 128 valence electrons. The van der Waals surface area contributed by atoms with E-state index >= 15 is 0 Å². The van der Waals surface area contributed by atoms with E-state index in [1.807, 2.05) is 6.92 Å². The second-order valence-electron chi connectivity index (χ2n) is 6.27. The fourth-order valence-corrected chi connectivity index (χ4v) is 3.37. The van der Waals surface area contributed by atoms with Crippen molar-refractivity contribution >= 4 is 24.3 Å². The zero-order valence-electron chi connectivity index (χ0n) is 13.4. The topological polar surface area (TPSA) is 67.4 Å². The van der Waals surface area contributed by atoms with Crippen LogP contribution in [0.4, 0.5) is 0 Å². The molecule has 0 radical (unpaired) electrons. The molecule has 1 saturated heterocycles. The Bertz CT molecular complexity index is 351. The number of piperidine rings is 1. The van der Waals surface area contributed by atoms with Crippen molar-refractivity contribution < 1.29 is 14.3 Å². The van der Waals surface area contributed by atoms with Crippen LogP contribution in [0.1, 0.15) is 51.9 Å². The van der Waals surface area contributed by atoms with Crippen molar-refractivity contribution in [2.45, 2.75) is 57.9 Å².